The normalized spacial score (nSPS) is 22.1. The van der Waals surface area contributed by atoms with E-state index in [9.17, 15) is 19.2 Å². The van der Waals surface area contributed by atoms with Gasteiger partial charge >= 0.3 is 23.9 Å². The first-order valence-electron chi connectivity index (χ1n) is 8.78. The number of benzene rings is 1. The van der Waals surface area contributed by atoms with Crippen molar-refractivity contribution in [2.24, 2.45) is 0 Å². The number of carbonyl (C=O) groups excluding carboxylic acids is 4. The second kappa shape index (κ2) is 11.6. The summed E-state index contributed by atoms with van der Waals surface area (Å²) in [5.41, 5.74) is 0. The number of aromatic hydroxyl groups is 2. The van der Waals surface area contributed by atoms with E-state index >= 15 is 0 Å². The van der Waals surface area contributed by atoms with Crippen LogP contribution in [0.1, 0.15) is 27.7 Å². The molecule has 11 nitrogen and oxygen atoms in total. The van der Waals surface area contributed by atoms with Crippen LogP contribution in [-0.2, 0) is 42.9 Å². The zero-order valence-electron chi connectivity index (χ0n) is 16.9. The Morgan fingerprint density at radius 1 is 0.800 bits per heavy atom. The fraction of sp³-hybridized carbons (Fsp3) is 0.474. The maximum atomic E-state index is 11.2. The third kappa shape index (κ3) is 8.35. The molecule has 11 heteroatoms. The van der Waals surface area contributed by atoms with E-state index < -0.39 is 48.5 Å². The summed E-state index contributed by atoms with van der Waals surface area (Å²) in [4.78, 5) is 44.4. The summed E-state index contributed by atoms with van der Waals surface area (Å²) < 4.78 is 25.2. The highest BCUT2D eigenvalue weighted by Gasteiger charge is 2.51. The van der Waals surface area contributed by atoms with Gasteiger partial charge in [-0.25, -0.2) is 0 Å². The Morgan fingerprint density at radius 3 is 1.67 bits per heavy atom. The summed E-state index contributed by atoms with van der Waals surface area (Å²) in [6.07, 6.45) is -4.40. The highest BCUT2D eigenvalue weighted by atomic mass is 16.8. The number of rotatable bonds is 5. The van der Waals surface area contributed by atoms with Gasteiger partial charge < -0.3 is 33.9 Å². The molecule has 1 aliphatic rings. The smallest absolute Gasteiger partial charge is 0.305 e. The van der Waals surface area contributed by atoms with Crippen molar-refractivity contribution in [2.75, 3.05) is 6.61 Å². The van der Waals surface area contributed by atoms with Gasteiger partial charge in [0.2, 0.25) is 12.4 Å². The van der Waals surface area contributed by atoms with Crippen molar-refractivity contribution in [1.82, 2.24) is 0 Å². The van der Waals surface area contributed by atoms with Crippen molar-refractivity contribution in [3.63, 3.8) is 0 Å². The molecule has 0 aromatic heterocycles. The molecular weight excluding hydrogens is 404 g/mol. The van der Waals surface area contributed by atoms with Gasteiger partial charge in [0.05, 0.1) is 0 Å². The molecule has 0 aliphatic carbocycles. The van der Waals surface area contributed by atoms with E-state index in [2.05, 4.69) is 0 Å². The lowest BCUT2D eigenvalue weighted by molar-refractivity contribution is -0.197. The van der Waals surface area contributed by atoms with E-state index in [1.807, 2.05) is 0 Å². The Balaban J connectivity index is 0.000000467. The molecule has 0 bridgehead atoms. The van der Waals surface area contributed by atoms with Gasteiger partial charge in [-0.15, -0.1) is 0 Å². The SMILES string of the molecule is CC(=O)OC[C@H]1O[C@@H](OC(C)=O)[C@H](OC(C)=O)[C@@H]1OC(C)=O.Oc1ccccc1O. The second-order valence-corrected chi connectivity index (χ2v) is 6.09. The van der Waals surface area contributed by atoms with Crippen LogP contribution in [0, 0.1) is 0 Å². The molecule has 2 rings (SSSR count). The minimum atomic E-state index is -1.26. The number of para-hydroxylation sites is 2. The molecule has 1 heterocycles. The Kier molecular flexibility index (Phi) is 9.56. The van der Waals surface area contributed by atoms with E-state index in [4.69, 9.17) is 33.9 Å². The van der Waals surface area contributed by atoms with E-state index in [0.717, 1.165) is 20.8 Å². The van der Waals surface area contributed by atoms with E-state index in [1.54, 1.807) is 12.1 Å². The van der Waals surface area contributed by atoms with E-state index in [1.165, 1.54) is 19.1 Å². The first-order valence-corrected chi connectivity index (χ1v) is 8.78. The second-order valence-electron chi connectivity index (χ2n) is 6.09. The Hall–Kier alpha value is -3.34. The number of phenolic OH excluding ortho intramolecular Hbond substituents is 2. The third-order valence-corrected chi connectivity index (χ3v) is 3.49. The summed E-state index contributed by atoms with van der Waals surface area (Å²) in [5, 5.41) is 17.3. The molecular formula is C19H24O11. The number of phenols is 2. The number of carbonyl (C=O) groups is 4. The van der Waals surface area contributed by atoms with Gasteiger partial charge in [-0.2, -0.15) is 0 Å². The van der Waals surface area contributed by atoms with Crippen LogP contribution in [0.25, 0.3) is 0 Å². The Morgan fingerprint density at radius 2 is 1.27 bits per heavy atom. The molecule has 0 radical (unpaired) electrons. The first kappa shape index (κ1) is 24.7. The number of hydrogen-bond acceptors (Lipinski definition) is 11. The van der Waals surface area contributed by atoms with Crippen molar-refractivity contribution < 1.29 is 53.1 Å². The fourth-order valence-electron chi connectivity index (χ4n) is 2.40. The molecule has 4 atom stereocenters. The molecule has 0 unspecified atom stereocenters. The quantitative estimate of drug-likeness (QED) is 0.388. The van der Waals surface area contributed by atoms with Crippen molar-refractivity contribution in [1.29, 1.82) is 0 Å². The van der Waals surface area contributed by atoms with E-state index in [-0.39, 0.29) is 18.1 Å². The standard InChI is InChI=1S/C13H18O9.C6H6O2/c1-6(14)18-5-10-11(19-7(2)15)12(20-8(3)16)13(22-10)21-9(4)17;7-5-3-1-2-4-6(5)8/h10-13H,5H2,1-4H3;1-4,7-8H/t10-,11-,12-,13-;/m1./s1. The predicted octanol–water partition coefficient (Wildman–Crippen LogP) is 0.799. The lowest BCUT2D eigenvalue weighted by atomic mass is 10.1. The summed E-state index contributed by atoms with van der Waals surface area (Å²) in [6.45, 7) is 4.40. The number of hydrogen-bond donors (Lipinski definition) is 2. The molecule has 2 N–H and O–H groups in total. The molecule has 30 heavy (non-hydrogen) atoms. The molecule has 1 aromatic carbocycles. The largest absolute Gasteiger partial charge is 0.504 e. The van der Waals surface area contributed by atoms with Gasteiger partial charge in [-0.1, -0.05) is 12.1 Å². The van der Waals surface area contributed by atoms with Crippen molar-refractivity contribution in [3.8, 4) is 11.5 Å². The van der Waals surface area contributed by atoms with Gasteiger partial charge in [-0.05, 0) is 12.1 Å². The van der Waals surface area contributed by atoms with Gasteiger partial charge in [0.25, 0.3) is 0 Å². The molecule has 1 aromatic rings. The van der Waals surface area contributed by atoms with Crippen LogP contribution in [0.2, 0.25) is 0 Å². The molecule has 1 saturated heterocycles. The number of esters is 4. The van der Waals surface area contributed by atoms with Gasteiger partial charge in [-0.3, -0.25) is 19.2 Å². The lowest BCUT2D eigenvalue weighted by Gasteiger charge is -2.22. The predicted molar refractivity (Wildman–Crippen MR) is 97.9 cm³/mol. The van der Waals surface area contributed by atoms with Gasteiger partial charge in [0, 0.05) is 27.7 Å². The van der Waals surface area contributed by atoms with Gasteiger partial charge in [0.1, 0.15) is 12.7 Å². The summed E-state index contributed by atoms with van der Waals surface area (Å²) in [5.74, 6) is -2.71. The topological polar surface area (TPSA) is 155 Å². The zero-order valence-corrected chi connectivity index (χ0v) is 16.9. The maximum absolute atomic E-state index is 11.2. The van der Waals surface area contributed by atoms with Crippen LogP contribution < -0.4 is 0 Å². The van der Waals surface area contributed by atoms with Crippen LogP contribution in [-0.4, -0.2) is 65.3 Å². The van der Waals surface area contributed by atoms with Crippen molar-refractivity contribution in [3.05, 3.63) is 24.3 Å². The summed E-state index contributed by atoms with van der Waals surface area (Å²) in [6, 6.07) is 6.15. The molecule has 0 spiro atoms. The van der Waals surface area contributed by atoms with Crippen LogP contribution in [0.5, 0.6) is 11.5 Å². The lowest BCUT2D eigenvalue weighted by Crippen LogP contribution is -2.42. The minimum Gasteiger partial charge on any atom is -0.504 e. The van der Waals surface area contributed by atoms with Crippen molar-refractivity contribution >= 4 is 23.9 Å². The highest BCUT2D eigenvalue weighted by Crippen LogP contribution is 2.28. The third-order valence-electron chi connectivity index (χ3n) is 3.49. The average molecular weight is 428 g/mol. The summed E-state index contributed by atoms with van der Waals surface area (Å²) in [7, 11) is 0. The van der Waals surface area contributed by atoms with Crippen LogP contribution in [0.4, 0.5) is 0 Å². The van der Waals surface area contributed by atoms with E-state index in [0.29, 0.717) is 0 Å². The average Bonchev–Trinajstić information content (AvgIpc) is 2.91. The van der Waals surface area contributed by atoms with Crippen molar-refractivity contribution in [2.45, 2.75) is 52.3 Å². The van der Waals surface area contributed by atoms with Gasteiger partial charge in [0.15, 0.2) is 17.6 Å². The molecule has 0 amide bonds. The highest BCUT2D eigenvalue weighted by molar-refractivity contribution is 5.68. The summed E-state index contributed by atoms with van der Waals surface area (Å²) >= 11 is 0. The molecule has 1 fully saturated rings. The molecule has 166 valence electrons. The maximum Gasteiger partial charge on any atom is 0.305 e. The van der Waals surface area contributed by atoms with Crippen LogP contribution in [0.15, 0.2) is 24.3 Å². The zero-order chi connectivity index (χ0) is 22.8. The first-order chi connectivity index (χ1) is 14.0. The van der Waals surface area contributed by atoms with Crippen LogP contribution in [0.3, 0.4) is 0 Å². The van der Waals surface area contributed by atoms with Crippen LogP contribution >= 0.6 is 0 Å². The molecule has 1 aliphatic heterocycles. The monoisotopic (exact) mass is 428 g/mol. The fourth-order valence-corrected chi connectivity index (χ4v) is 2.40. The Bertz CT molecular complexity index is 740. The molecule has 0 saturated carbocycles. The Labute approximate surface area is 172 Å². The minimum absolute atomic E-state index is 0.0764. The number of ether oxygens (including phenoxy) is 5.